The molecule has 4 heterocycles. The molecule has 3 atom stereocenters. The van der Waals surface area contributed by atoms with E-state index in [0.29, 0.717) is 12.4 Å². The fourth-order valence-corrected chi connectivity index (χ4v) is 3.11. The molecule has 3 fully saturated rings. The molecule has 0 aromatic carbocycles. The normalized spacial score (nSPS) is 28.4. The minimum absolute atomic E-state index is 0.0340. The Morgan fingerprint density at radius 1 is 1.36 bits per heavy atom. The summed E-state index contributed by atoms with van der Waals surface area (Å²) in [5.41, 5.74) is 0.880. The van der Waals surface area contributed by atoms with Gasteiger partial charge in [0.1, 0.15) is 12.3 Å². The number of carbonyl (C=O) groups is 1. The van der Waals surface area contributed by atoms with Crippen molar-refractivity contribution in [2.75, 3.05) is 32.7 Å². The maximum atomic E-state index is 12.5. The topological polar surface area (TPSA) is 61.6 Å². The van der Waals surface area contributed by atoms with Gasteiger partial charge in [0.25, 0.3) is 0 Å². The van der Waals surface area contributed by atoms with Crippen molar-refractivity contribution < 1.29 is 9.21 Å². The van der Waals surface area contributed by atoms with Crippen LogP contribution < -0.4 is 5.32 Å². The summed E-state index contributed by atoms with van der Waals surface area (Å²) in [5.74, 6) is 0.662. The number of nitrogens with one attached hydrogen (secondary N) is 1. The van der Waals surface area contributed by atoms with Crippen LogP contribution in [0.25, 0.3) is 0 Å². The number of hydrogen-bond donors (Lipinski definition) is 1. The molecule has 3 aliphatic heterocycles. The second-order valence-corrected chi connectivity index (χ2v) is 7.30. The summed E-state index contributed by atoms with van der Waals surface area (Å²) in [4.78, 5) is 21.6. The van der Waals surface area contributed by atoms with Crippen LogP contribution in [0.3, 0.4) is 0 Å². The molecule has 1 aromatic rings. The van der Waals surface area contributed by atoms with Crippen LogP contribution in [0.5, 0.6) is 0 Å². The van der Waals surface area contributed by atoms with Gasteiger partial charge < -0.3 is 9.73 Å². The van der Waals surface area contributed by atoms with Crippen molar-refractivity contribution in [3.63, 3.8) is 0 Å². The van der Waals surface area contributed by atoms with Crippen molar-refractivity contribution in [2.45, 2.75) is 45.2 Å². The summed E-state index contributed by atoms with van der Waals surface area (Å²) in [6.07, 6.45) is 2.84. The van der Waals surface area contributed by atoms with Crippen molar-refractivity contribution in [3.05, 3.63) is 17.8 Å². The van der Waals surface area contributed by atoms with E-state index in [1.807, 2.05) is 0 Å². The quantitative estimate of drug-likeness (QED) is 0.902. The first kappa shape index (κ1) is 15.5. The smallest absolute Gasteiger partial charge is 0.239 e. The van der Waals surface area contributed by atoms with E-state index in [4.69, 9.17) is 4.42 Å². The number of rotatable bonds is 3. The van der Waals surface area contributed by atoms with Crippen LogP contribution in [0.4, 0.5) is 0 Å². The zero-order chi connectivity index (χ0) is 15.7. The summed E-state index contributed by atoms with van der Waals surface area (Å²) in [6, 6.07) is -0.0340. The highest BCUT2D eigenvalue weighted by Crippen LogP contribution is 2.21. The van der Waals surface area contributed by atoms with Crippen LogP contribution in [0.1, 0.15) is 38.8 Å². The first-order valence-corrected chi connectivity index (χ1v) is 8.12. The number of piperazine rings is 1. The fraction of sp³-hybridized carbons (Fsp3) is 0.750. The number of amides is 1. The maximum Gasteiger partial charge on any atom is 0.239 e. The molecule has 3 saturated heterocycles. The summed E-state index contributed by atoms with van der Waals surface area (Å²) in [7, 11) is 0. The van der Waals surface area contributed by atoms with Crippen molar-refractivity contribution >= 4 is 5.91 Å². The number of fused-ring (bicyclic) bond motifs is 4. The highest BCUT2D eigenvalue weighted by Gasteiger charge is 2.34. The average Bonchev–Trinajstić information content (AvgIpc) is 2.73. The maximum absolute atomic E-state index is 12.5. The summed E-state index contributed by atoms with van der Waals surface area (Å²) >= 11 is 0. The minimum Gasteiger partial charge on any atom is -0.447 e. The van der Waals surface area contributed by atoms with Crippen molar-refractivity contribution in [3.8, 4) is 0 Å². The lowest BCUT2D eigenvalue weighted by Gasteiger charge is -2.36. The van der Waals surface area contributed by atoms with Gasteiger partial charge in [-0.3, -0.25) is 14.6 Å². The van der Waals surface area contributed by atoms with Gasteiger partial charge in [-0.2, -0.15) is 0 Å². The molecular formula is C16H26N4O2. The van der Waals surface area contributed by atoms with Gasteiger partial charge in [0.05, 0.1) is 12.2 Å². The summed E-state index contributed by atoms with van der Waals surface area (Å²) in [6.45, 7) is 11.7. The van der Waals surface area contributed by atoms with Gasteiger partial charge in [0.15, 0.2) is 0 Å². The molecular weight excluding hydrogens is 280 g/mol. The largest absolute Gasteiger partial charge is 0.447 e. The van der Waals surface area contributed by atoms with E-state index in [1.54, 1.807) is 6.26 Å². The Kier molecular flexibility index (Phi) is 4.23. The highest BCUT2D eigenvalue weighted by molar-refractivity contribution is 5.82. The molecule has 0 spiro atoms. The van der Waals surface area contributed by atoms with Crippen LogP contribution >= 0.6 is 0 Å². The second kappa shape index (κ2) is 6.01. The van der Waals surface area contributed by atoms with E-state index in [0.717, 1.165) is 44.8 Å². The molecule has 0 radical (unpaired) electrons. The monoisotopic (exact) mass is 306 g/mol. The number of oxazole rings is 1. The van der Waals surface area contributed by atoms with Crippen LogP contribution in [-0.4, -0.2) is 59.5 Å². The third-order valence-electron chi connectivity index (χ3n) is 4.53. The van der Waals surface area contributed by atoms with Crippen LogP contribution in [0.2, 0.25) is 0 Å². The lowest BCUT2D eigenvalue weighted by atomic mass is 9.93. The standard InChI is InChI=1S/C16H26N4O2/c1-16(2,3)13-11-22-14(18-13)9-17-15(21)12-10-19-5-4-6-20(12)8-7-19/h11-12H,4-10H2,1-3H3,(H,17,21). The molecule has 3 aliphatic rings. The average molecular weight is 306 g/mol. The molecule has 0 saturated carbocycles. The minimum atomic E-state index is -0.0365. The first-order valence-electron chi connectivity index (χ1n) is 8.12. The van der Waals surface area contributed by atoms with Gasteiger partial charge in [-0.25, -0.2) is 4.98 Å². The zero-order valence-corrected chi connectivity index (χ0v) is 13.8. The van der Waals surface area contributed by atoms with Crippen LogP contribution in [0.15, 0.2) is 10.7 Å². The predicted molar refractivity (Wildman–Crippen MR) is 83.5 cm³/mol. The highest BCUT2D eigenvalue weighted by atomic mass is 16.3. The van der Waals surface area contributed by atoms with Gasteiger partial charge in [-0.05, 0) is 13.0 Å². The third kappa shape index (κ3) is 3.33. The SMILES string of the molecule is CC(C)(C)c1coc(CNC(=O)C2CN3CCCN2CC3)n1. The van der Waals surface area contributed by atoms with Crippen molar-refractivity contribution in [1.29, 1.82) is 0 Å². The van der Waals surface area contributed by atoms with E-state index in [-0.39, 0.29) is 17.4 Å². The summed E-state index contributed by atoms with van der Waals surface area (Å²) in [5, 5.41) is 2.98. The molecule has 1 N–H and O–H groups in total. The van der Waals surface area contributed by atoms with E-state index in [2.05, 4.69) is 40.9 Å². The molecule has 4 rings (SSSR count). The molecule has 22 heavy (non-hydrogen) atoms. The Balaban J connectivity index is 1.57. The first-order chi connectivity index (χ1) is 10.4. The second-order valence-electron chi connectivity index (χ2n) is 7.30. The van der Waals surface area contributed by atoms with Gasteiger partial charge in [-0.15, -0.1) is 0 Å². The lowest BCUT2D eigenvalue weighted by molar-refractivity contribution is -0.128. The number of carbonyl (C=O) groups excluding carboxylic acids is 1. The van der Waals surface area contributed by atoms with Gasteiger partial charge in [0, 0.05) is 31.6 Å². The zero-order valence-electron chi connectivity index (χ0n) is 13.8. The molecule has 6 nitrogen and oxygen atoms in total. The molecule has 122 valence electrons. The number of nitrogens with zero attached hydrogens (tertiary/aromatic N) is 3. The van der Waals surface area contributed by atoms with Gasteiger partial charge >= 0.3 is 0 Å². The van der Waals surface area contributed by atoms with Gasteiger partial charge in [-0.1, -0.05) is 20.8 Å². The van der Waals surface area contributed by atoms with E-state index in [1.165, 1.54) is 0 Å². The van der Waals surface area contributed by atoms with E-state index < -0.39 is 0 Å². The molecule has 3 unspecified atom stereocenters. The Labute approximate surface area is 131 Å². The molecule has 1 aromatic heterocycles. The van der Waals surface area contributed by atoms with Crippen molar-refractivity contribution in [1.82, 2.24) is 20.1 Å². The van der Waals surface area contributed by atoms with E-state index >= 15 is 0 Å². The fourth-order valence-electron chi connectivity index (χ4n) is 3.11. The van der Waals surface area contributed by atoms with Crippen molar-refractivity contribution in [2.24, 2.45) is 0 Å². The Bertz CT molecular complexity index is 530. The van der Waals surface area contributed by atoms with E-state index in [9.17, 15) is 4.79 Å². The van der Waals surface area contributed by atoms with Gasteiger partial charge in [0.2, 0.25) is 11.8 Å². The van der Waals surface area contributed by atoms with Crippen LogP contribution in [0, 0.1) is 0 Å². The predicted octanol–water partition coefficient (Wildman–Crippen LogP) is 0.978. The molecule has 6 heteroatoms. The Morgan fingerprint density at radius 2 is 2.18 bits per heavy atom. The molecule has 0 aliphatic carbocycles. The molecule has 1 amide bonds. The Hall–Kier alpha value is -1.40. The third-order valence-corrected chi connectivity index (χ3v) is 4.53. The molecule has 2 bridgehead atoms. The lowest BCUT2D eigenvalue weighted by Crippen LogP contribution is -2.56. The number of hydrogen-bond acceptors (Lipinski definition) is 5. The Morgan fingerprint density at radius 3 is 2.91 bits per heavy atom. The summed E-state index contributed by atoms with van der Waals surface area (Å²) < 4.78 is 5.47. The van der Waals surface area contributed by atoms with Crippen LogP contribution in [-0.2, 0) is 16.8 Å². The number of aromatic nitrogens is 1.